The van der Waals surface area contributed by atoms with Gasteiger partial charge in [0.2, 0.25) is 0 Å². The SMILES string of the molecule is Cc1cc(C)nc(-c2cccc(C[C@H]3[C@@H](NS(=O)(=O)N(C)C)C(F)(F)CN3C(=O)C3(O)CCC3)c2F)c1. The molecule has 1 saturated carbocycles. The number of pyridine rings is 1. The normalized spacial score (nSPS) is 22.8. The highest BCUT2D eigenvalue weighted by atomic mass is 32.2. The number of aryl methyl sites for hydroxylation is 2. The number of likely N-dealkylation sites (tertiary alicyclic amines) is 1. The van der Waals surface area contributed by atoms with E-state index in [-0.39, 0.29) is 24.0 Å². The molecule has 2 aliphatic rings. The van der Waals surface area contributed by atoms with Crippen molar-refractivity contribution in [2.75, 3.05) is 20.6 Å². The van der Waals surface area contributed by atoms with Gasteiger partial charge in [0, 0.05) is 25.4 Å². The molecule has 0 bridgehead atoms. The number of aromatic nitrogens is 1. The lowest BCUT2D eigenvalue weighted by molar-refractivity contribution is -0.162. The zero-order valence-corrected chi connectivity index (χ0v) is 21.9. The lowest BCUT2D eigenvalue weighted by Crippen LogP contribution is -2.58. The first-order valence-corrected chi connectivity index (χ1v) is 13.4. The minimum Gasteiger partial charge on any atom is -0.380 e. The number of alkyl halides is 2. The van der Waals surface area contributed by atoms with E-state index in [4.69, 9.17) is 0 Å². The molecule has 1 amide bonds. The number of hydrogen-bond acceptors (Lipinski definition) is 5. The summed E-state index contributed by atoms with van der Waals surface area (Å²) in [7, 11) is -1.96. The lowest BCUT2D eigenvalue weighted by atomic mass is 9.79. The van der Waals surface area contributed by atoms with Crippen LogP contribution in [0.15, 0.2) is 30.3 Å². The van der Waals surface area contributed by atoms with E-state index in [0.29, 0.717) is 17.8 Å². The van der Waals surface area contributed by atoms with Crippen molar-refractivity contribution in [3.05, 3.63) is 53.0 Å². The molecule has 1 saturated heterocycles. The fraction of sp³-hybridized carbons (Fsp3) is 0.520. The molecular formula is C25H31F3N4O4S. The van der Waals surface area contributed by atoms with E-state index in [1.54, 1.807) is 19.1 Å². The van der Waals surface area contributed by atoms with E-state index in [9.17, 15) is 18.3 Å². The van der Waals surface area contributed by atoms with Gasteiger partial charge in [-0.2, -0.15) is 17.4 Å². The molecule has 0 radical (unpaired) electrons. The van der Waals surface area contributed by atoms with Crippen LogP contribution in [0.4, 0.5) is 13.2 Å². The van der Waals surface area contributed by atoms with Gasteiger partial charge in [-0.1, -0.05) is 12.1 Å². The minimum atomic E-state index is -4.33. The van der Waals surface area contributed by atoms with Crippen LogP contribution in [0.3, 0.4) is 0 Å². The molecule has 12 heteroatoms. The van der Waals surface area contributed by atoms with Crippen molar-refractivity contribution in [3.8, 4) is 11.3 Å². The van der Waals surface area contributed by atoms with Crippen molar-refractivity contribution in [1.29, 1.82) is 0 Å². The van der Waals surface area contributed by atoms with Crippen molar-refractivity contribution < 1.29 is 31.5 Å². The molecule has 0 unspecified atom stereocenters. The van der Waals surface area contributed by atoms with E-state index in [2.05, 4.69) is 4.98 Å². The topological polar surface area (TPSA) is 103 Å². The van der Waals surface area contributed by atoms with Crippen LogP contribution in [0.2, 0.25) is 0 Å². The second kappa shape index (κ2) is 9.64. The van der Waals surface area contributed by atoms with Gasteiger partial charge < -0.3 is 10.0 Å². The van der Waals surface area contributed by atoms with Crippen LogP contribution >= 0.6 is 0 Å². The van der Waals surface area contributed by atoms with Crippen molar-refractivity contribution in [2.45, 2.75) is 63.1 Å². The molecule has 1 aliphatic carbocycles. The highest BCUT2D eigenvalue weighted by molar-refractivity contribution is 7.87. The number of hydrogen-bond donors (Lipinski definition) is 2. The Morgan fingerprint density at radius 3 is 2.49 bits per heavy atom. The Hall–Kier alpha value is -2.54. The van der Waals surface area contributed by atoms with Gasteiger partial charge in [0.1, 0.15) is 17.5 Å². The molecule has 1 aromatic heterocycles. The predicted molar refractivity (Wildman–Crippen MR) is 132 cm³/mol. The van der Waals surface area contributed by atoms with Crippen LogP contribution in [0.1, 0.15) is 36.1 Å². The van der Waals surface area contributed by atoms with Gasteiger partial charge in [0.25, 0.3) is 22.0 Å². The Bertz CT molecular complexity index is 1290. The maximum atomic E-state index is 15.8. The minimum absolute atomic E-state index is 0.0219. The molecular weight excluding hydrogens is 509 g/mol. The van der Waals surface area contributed by atoms with Gasteiger partial charge in [0.15, 0.2) is 0 Å². The van der Waals surface area contributed by atoms with Crippen LogP contribution in [0, 0.1) is 19.7 Å². The Kier molecular flexibility index (Phi) is 7.17. The van der Waals surface area contributed by atoms with Crippen molar-refractivity contribution >= 4 is 16.1 Å². The van der Waals surface area contributed by atoms with Gasteiger partial charge in [-0.15, -0.1) is 0 Å². The first-order chi connectivity index (χ1) is 17.1. The van der Waals surface area contributed by atoms with Crippen LogP contribution in [-0.2, 0) is 21.4 Å². The van der Waals surface area contributed by atoms with Gasteiger partial charge in [-0.05, 0) is 68.9 Å². The standard InChI is InChI=1S/C25H31F3N4O4S/c1-15-11-16(2)29-19(12-15)18-8-5-7-17(21(18)26)13-20-22(30-37(35,36)31(3)4)25(27,28)14-32(20)23(33)24(34)9-6-10-24/h5,7-8,11-12,20,22,30,34H,6,9-10,13-14H2,1-4H3/t20-,22+/m0/s1. The summed E-state index contributed by atoms with van der Waals surface area (Å²) in [6, 6.07) is 4.56. The van der Waals surface area contributed by atoms with Crippen LogP contribution in [0.5, 0.6) is 0 Å². The summed E-state index contributed by atoms with van der Waals surface area (Å²) < 4.78 is 74.2. The number of halogens is 3. The summed E-state index contributed by atoms with van der Waals surface area (Å²) in [6.45, 7) is 2.52. The molecule has 2 atom stereocenters. The number of nitrogens with zero attached hydrogens (tertiary/aromatic N) is 3. The maximum Gasteiger partial charge on any atom is 0.283 e. The van der Waals surface area contributed by atoms with E-state index < -0.39 is 58.5 Å². The molecule has 8 nitrogen and oxygen atoms in total. The number of aliphatic hydroxyl groups is 1. The molecule has 2 fully saturated rings. The summed E-state index contributed by atoms with van der Waals surface area (Å²) in [6.07, 6.45) is 0.407. The number of carbonyl (C=O) groups excluding carboxylic acids is 1. The zero-order valence-electron chi connectivity index (χ0n) is 21.1. The summed E-state index contributed by atoms with van der Waals surface area (Å²) in [4.78, 5) is 18.4. The largest absolute Gasteiger partial charge is 0.380 e. The second-order valence-electron chi connectivity index (χ2n) is 10.2. The Morgan fingerprint density at radius 2 is 1.92 bits per heavy atom. The quantitative estimate of drug-likeness (QED) is 0.562. The van der Waals surface area contributed by atoms with Crippen LogP contribution in [-0.4, -0.2) is 77.9 Å². The predicted octanol–water partition coefficient (Wildman–Crippen LogP) is 2.57. The number of nitrogens with one attached hydrogen (secondary N) is 1. The average Bonchev–Trinajstić information content (AvgIpc) is 3.01. The van der Waals surface area contributed by atoms with Crippen LogP contribution < -0.4 is 4.72 Å². The average molecular weight is 541 g/mol. The Balaban J connectivity index is 1.76. The molecule has 2 aromatic rings. The number of amides is 1. The van der Waals surface area contributed by atoms with Gasteiger partial charge >= 0.3 is 0 Å². The summed E-state index contributed by atoms with van der Waals surface area (Å²) in [5, 5.41) is 10.6. The summed E-state index contributed by atoms with van der Waals surface area (Å²) >= 11 is 0. The molecule has 2 N–H and O–H groups in total. The third-order valence-corrected chi connectivity index (χ3v) is 8.61. The summed E-state index contributed by atoms with van der Waals surface area (Å²) in [5.74, 6) is -5.26. The second-order valence-corrected chi connectivity index (χ2v) is 12.1. The molecule has 2 heterocycles. The first-order valence-electron chi connectivity index (χ1n) is 12.0. The fourth-order valence-corrected chi connectivity index (χ4v) is 5.78. The molecule has 1 aromatic carbocycles. The van der Waals surface area contributed by atoms with E-state index in [1.165, 1.54) is 26.2 Å². The molecule has 0 spiro atoms. The monoisotopic (exact) mass is 540 g/mol. The van der Waals surface area contributed by atoms with Gasteiger partial charge in [-0.25, -0.2) is 13.2 Å². The van der Waals surface area contributed by atoms with E-state index in [0.717, 1.165) is 14.8 Å². The maximum absolute atomic E-state index is 15.8. The van der Waals surface area contributed by atoms with E-state index >= 15 is 13.2 Å². The number of rotatable bonds is 7. The Labute approximate surface area is 214 Å². The highest BCUT2D eigenvalue weighted by Gasteiger charge is 2.60. The third kappa shape index (κ3) is 5.25. The zero-order chi connectivity index (χ0) is 27.3. The van der Waals surface area contributed by atoms with Crippen molar-refractivity contribution in [1.82, 2.24) is 18.9 Å². The van der Waals surface area contributed by atoms with E-state index in [1.807, 2.05) is 17.7 Å². The number of benzene rings is 1. The number of carbonyl (C=O) groups is 1. The molecule has 1 aliphatic heterocycles. The van der Waals surface area contributed by atoms with Crippen LogP contribution in [0.25, 0.3) is 11.3 Å². The summed E-state index contributed by atoms with van der Waals surface area (Å²) in [5.41, 5.74) is 0.316. The lowest BCUT2D eigenvalue weighted by Gasteiger charge is -2.40. The molecule has 4 rings (SSSR count). The Morgan fingerprint density at radius 1 is 1.24 bits per heavy atom. The van der Waals surface area contributed by atoms with Gasteiger partial charge in [0.05, 0.1) is 18.3 Å². The van der Waals surface area contributed by atoms with Gasteiger partial charge in [-0.3, -0.25) is 9.78 Å². The third-order valence-electron chi connectivity index (χ3n) is 7.10. The molecule has 202 valence electrons. The van der Waals surface area contributed by atoms with Crippen molar-refractivity contribution in [2.24, 2.45) is 0 Å². The van der Waals surface area contributed by atoms with Crippen molar-refractivity contribution in [3.63, 3.8) is 0 Å². The smallest absolute Gasteiger partial charge is 0.283 e. The fourth-order valence-electron chi connectivity index (χ4n) is 4.92. The first kappa shape index (κ1) is 27.5. The highest BCUT2D eigenvalue weighted by Crippen LogP contribution is 2.41. The molecule has 37 heavy (non-hydrogen) atoms.